The van der Waals surface area contributed by atoms with Crippen LogP contribution >= 0.6 is 0 Å². The average molecular weight is 789 g/mol. The fraction of sp³-hybridized carbons (Fsp3) is 0.548. The smallest absolute Gasteiger partial charge is 0.327 e. The third-order valence-corrected chi connectivity index (χ3v) is 11.3. The number of benzene rings is 2. The number of nitrogens with one attached hydrogen (secondary N) is 2. The molecule has 0 aromatic heterocycles. The number of aliphatic hydroxyl groups excluding tert-OH is 1. The fourth-order valence-corrected chi connectivity index (χ4v) is 8.73. The Kier molecular flexibility index (Phi) is 11.3. The molecule has 15 nitrogen and oxygen atoms in total. The van der Waals surface area contributed by atoms with E-state index in [1.54, 1.807) is 40.9 Å². The maximum Gasteiger partial charge on any atom is 0.327 e. The Labute approximate surface area is 331 Å². The molecule has 0 unspecified atom stereocenters. The van der Waals surface area contributed by atoms with Crippen LogP contribution in [0.25, 0.3) is 6.08 Å². The lowest BCUT2D eigenvalue weighted by atomic mass is 9.62. The van der Waals surface area contributed by atoms with Gasteiger partial charge in [0, 0.05) is 58.8 Å². The van der Waals surface area contributed by atoms with Gasteiger partial charge in [-0.15, -0.1) is 0 Å². The zero-order valence-electron chi connectivity index (χ0n) is 33.0. The van der Waals surface area contributed by atoms with E-state index in [1.165, 1.54) is 16.0 Å². The second-order valence-corrected chi connectivity index (χ2v) is 16.8. The molecule has 1 saturated carbocycles. The molecule has 2 bridgehead atoms. The average Bonchev–Trinajstić information content (AvgIpc) is 3.83. The van der Waals surface area contributed by atoms with Gasteiger partial charge in [-0.1, -0.05) is 48.5 Å². The van der Waals surface area contributed by atoms with E-state index in [0.717, 1.165) is 22.3 Å². The number of rotatable bonds is 13. The van der Waals surface area contributed by atoms with Crippen LogP contribution < -0.4 is 10.6 Å². The van der Waals surface area contributed by atoms with Crippen LogP contribution in [0.15, 0.2) is 54.6 Å². The van der Waals surface area contributed by atoms with Crippen LogP contribution in [0.3, 0.4) is 0 Å². The molecular formula is C42H52N4O11. The first-order chi connectivity index (χ1) is 27.1. The zero-order chi connectivity index (χ0) is 40.7. The van der Waals surface area contributed by atoms with E-state index in [0.29, 0.717) is 12.8 Å². The minimum atomic E-state index is -1.47. The number of carbonyl (C=O) groups excluding carboxylic acids is 5. The molecule has 2 aliphatic carbocycles. The highest BCUT2D eigenvalue weighted by molar-refractivity contribution is 5.94. The Morgan fingerprint density at radius 3 is 2.39 bits per heavy atom. The maximum atomic E-state index is 14.7. The first-order valence-corrected chi connectivity index (χ1v) is 19.6. The Bertz CT molecular complexity index is 1900. The third-order valence-electron chi connectivity index (χ3n) is 11.3. The number of likely N-dealkylation sites (N-methyl/N-ethyl adjacent to an activating group) is 1. The quantitative estimate of drug-likeness (QED) is 0.199. The van der Waals surface area contributed by atoms with E-state index in [2.05, 4.69) is 10.6 Å². The van der Waals surface area contributed by atoms with Gasteiger partial charge in [-0.25, -0.2) is 0 Å². The van der Waals surface area contributed by atoms with Gasteiger partial charge in [0.25, 0.3) is 0 Å². The molecule has 0 radical (unpaired) electrons. The van der Waals surface area contributed by atoms with Gasteiger partial charge in [0.1, 0.15) is 35.4 Å². The van der Waals surface area contributed by atoms with E-state index < -0.39 is 77.1 Å². The Morgan fingerprint density at radius 2 is 1.70 bits per heavy atom. The topological polar surface area (TPSA) is 182 Å². The van der Waals surface area contributed by atoms with Crippen molar-refractivity contribution in [1.82, 2.24) is 20.6 Å². The number of aliphatic hydroxyl groups is 1. The molecule has 3 amide bonds. The summed E-state index contributed by atoms with van der Waals surface area (Å²) in [6.07, 6.45) is 1.11. The van der Waals surface area contributed by atoms with Gasteiger partial charge in [0.2, 0.25) is 17.7 Å². The number of hydrogen-bond donors (Lipinski definition) is 3. The lowest BCUT2D eigenvalue weighted by Crippen LogP contribution is -2.69. The minimum Gasteiger partial charge on any atom is -0.460 e. The summed E-state index contributed by atoms with van der Waals surface area (Å²) < 4.78 is 24.9. The number of fused-ring (bicyclic) bond motifs is 5. The highest BCUT2D eigenvalue weighted by atomic mass is 16.8. The first kappa shape index (κ1) is 40.5. The highest BCUT2D eigenvalue weighted by Gasteiger charge is 2.76. The Morgan fingerprint density at radius 1 is 1.02 bits per heavy atom. The summed E-state index contributed by atoms with van der Waals surface area (Å²) in [6, 6.07) is 13.6. The van der Waals surface area contributed by atoms with Gasteiger partial charge >= 0.3 is 11.9 Å². The predicted molar refractivity (Wildman–Crippen MR) is 203 cm³/mol. The zero-order valence-corrected chi connectivity index (χ0v) is 33.0. The normalized spacial score (nSPS) is 27.4. The van der Waals surface area contributed by atoms with Crippen LogP contribution in [-0.2, 0) is 67.1 Å². The summed E-state index contributed by atoms with van der Waals surface area (Å²) in [4.78, 5) is 74.6. The van der Waals surface area contributed by atoms with Crippen molar-refractivity contribution < 1.29 is 52.9 Å². The number of esters is 2. The SMILES string of the molecule is CN(C)C(=O)C=Cc1ccccc1CN1O[C@@H]2[C@H]3OC4(Cc5ccccc5C4)O[C@H]3[C@H]3C[C@]2(C(=O)NCCC(=O)N[C@H](CO)CCC(=O)OC(C)(C)C)[C@@H]1C(=O)O3. The molecule has 3 saturated heterocycles. The molecule has 306 valence electrons. The molecule has 4 fully saturated rings. The lowest BCUT2D eigenvalue weighted by Gasteiger charge is -2.48. The van der Waals surface area contributed by atoms with Crippen molar-refractivity contribution in [1.29, 1.82) is 0 Å². The molecule has 5 aliphatic rings. The largest absolute Gasteiger partial charge is 0.460 e. The maximum absolute atomic E-state index is 14.7. The van der Waals surface area contributed by atoms with Crippen LogP contribution in [-0.4, -0.2) is 120 Å². The van der Waals surface area contributed by atoms with Gasteiger partial charge in [-0.05, 0) is 55.5 Å². The van der Waals surface area contributed by atoms with Crippen molar-refractivity contribution in [3.63, 3.8) is 0 Å². The Balaban J connectivity index is 1.11. The molecule has 3 aliphatic heterocycles. The summed E-state index contributed by atoms with van der Waals surface area (Å²) in [5.74, 6) is -3.21. The number of amides is 3. The number of hydrogen-bond acceptors (Lipinski definition) is 12. The minimum absolute atomic E-state index is 0.00880. The number of carbonyl (C=O) groups is 5. The van der Waals surface area contributed by atoms with Crippen molar-refractivity contribution in [2.75, 3.05) is 27.2 Å². The van der Waals surface area contributed by atoms with Crippen LogP contribution in [0.1, 0.15) is 68.7 Å². The summed E-state index contributed by atoms with van der Waals surface area (Å²) >= 11 is 0. The molecule has 2 aromatic carbocycles. The molecule has 57 heavy (non-hydrogen) atoms. The van der Waals surface area contributed by atoms with Gasteiger partial charge in [0.05, 0.1) is 19.2 Å². The standard InChI is InChI=1S/C42H52N4O11/c1-40(2,3)54-33(50)17-15-29(24-47)44-31(48)18-19-43-39(52)42-22-30-34-35(56-41(55-34)20-26-11-7-8-12-27(26)21-41)37(42)57-46(36(42)38(51)53-30)23-28-13-9-6-10-25(28)14-16-32(49)45(4)5/h6-14,16,29-30,34-37,47H,15,17-24H2,1-5H3,(H,43,52)(H,44,48)/t29-,30+,34-,35-,36-,37+,42-/m0/s1. The van der Waals surface area contributed by atoms with Crippen LogP contribution in [0, 0.1) is 5.41 Å². The molecule has 7 rings (SSSR count). The van der Waals surface area contributed by atoms with E-state index in [9.17, 15) is 29.1 Å². The van der Waals surface area contributed by atoms with Gasteiger partial charge in [-0.2, -0.15) is 5.06 Å². The summed E-state index contributed by atoms with van der Waals surface area (Å²) in [6.45, 7) is 4.90. The van der Waals surface area contributed by atoms with E-state index in [4.69, 9.17) is 23.8 Å². The van der Waals surface area contributed by atoms with Crippen LogP contribution in [0.4, 0.5) is 0 Å². The molecule has 15 heteroatoms. The highest BCUT2D eigenvalue weighted by Crippen LogP contribution is 2.58. The predicted octanol–water partition coefficient (Wildman–Crippen LogP) is 1.97. The van der Waals surface area contributed by atoms with Crippen LogP contribution in [0.2, 0.25) is 0 Å². The van der Waals surface area contributed by atoms with Crippen molar-refractivity contribution in [2.45, 2.75) is 114 Å². The molecular weight excluding hydrogens is 736 g/mol. The van der Waals surface area contributed by atoms with Crippen molar-refractivity contribution in [3.05, 3.63) is 76.9 Å². The summed E-state index contributed by atoms with van der Waals surface area (Å²) in [5.41, 5.74) is 1.54. The van der Waals surface area contributed by atoms with Crippen LogP contribution in [0.5, 0.6) is 0 Å². The molecule has 1 spiro atoms. The van der Waals surface area contributed by atoms with Crippen molar-refractivity contribution in [2.24, 2.45) is 5.41 Å². The number of hydroxylamine groups is 2. The van der Waals surface area contributed by atoms with Crippen molar-refractivity contribution >= 4 is 35.7 Å². The van der Waals surface area contributed by atoms with Crippen molar-refractivity contribution in [3.8, 4) is 0 Å². The van der Waals surface area contributed by atoms with Gasteiger partial charge < -0.3 is 39.6 Å². The second kappa shape index (κ2) is 15.9. The molecule has 3 heterocycles. The number of ether oxygens (including phenoxy) is 4. The Hall–Kier alpha value is -4.67. The molecule has 7 atom stereocenters. The molecule has 3 N–H and O–H groups in total. The van der Waals surface area contributed by atoms with E-state index >= 15 is 0 Å². The molecule has 2 aromatic rings. The lowest BCUT2D eigenvalue weighted by molar-refractivity contribution is -0.217. The van der Waals surface area contributed by atoms with Gasteiger partial charge in [-0.3, -0.25) is 28.8 Å². The fourth-order valence-electron chi connectivity index (χ4n) is 8.73. The summed E-state index contributed by atoms with van der Waals surface area (Å²) in [7, 11) is 3.32. The monoisotopic (exact) mass is 788 g/mol. The first-order valence-electron chi connectivity index (χ1n) is 19.6. The van der Waals surface area contributed by atoms with Gasteiger partial charge in [0.15, 0.2) is 11.8 Å². The van der Waals surface area contributed by atoms with E-state index in [-0.39, 0.29) is 51.3 Å². The van der Waals surface area contributed by atoms with E-state index in [1.807, 2.05) is 48.5 Å². The summed E-state index contributed by atoms with van der Waals surface area (Å²) in [5, 5.41) is 17.0. The second-order valence-electron chi connectivity index (χ2n) is 16.8. The third kappa shape index (κ3) is 8.21. The number of nitrogens with zero attached hydrogens (tertiary/aromatic N) is 2.